The molecule has 13 rings (SSSR count). The van der Waals surface area contributed by atoms with Crippen LogP contribution in [0.15, 0.2) is 193 Å². The lowest BCUT2D eigenvalue weighted by atomic mass is 9.70. The van der Waals surface area contributed by atoms with Crippen molar-refractivity contribution in [3.63, 3.8) is 0 Å². The van der Waals surface area contributed by atoms with Gasteiger partial charge in [0.15, 0.2) is 0 Å². The minimum atomic E-state index is -0.146. The fraction of sp³-hybridized carbons (Fsp3) is 0.175. The fourth-order valence-electron chi connectivity index (χ4n) is 12.8. The lowest BCUT2D eigenvalue weighted by Crippen LogP contribution is -2.35. The van der Waals surface area contributed by atoms with Crippen molar-refractivity contribution in [3.8, 4) is 11.1 Å². The van der Waals surface area contributed by atoms with Gasteiger partial charge in [-0.3, -0.25) is 0 Å². The van der Waals surface area contributed by atoms with E-state index in [1.54, 1.807) is 0 Å². The van der Waals surface area contributed by atoms with Crippen LogP contribution in [-0.2, 0) is 29.1 Å². The number of anilines is 5. The molecular formula is C63H52N2. The summed E-state index contributed by atoms with van der Waals surface area (Å²) in [5.41, 5.74) is 24.0. The number of benzene rings is 8. The van der Waals surface area contributed by atoms with Crippen LogP contribution in [0.2, 0.25) is 0 Å². The fourth-order valence-corrected chi connectivity index (χ4v) is 12.8. The topological polar surface area (TPSA) is 6.48 Å². The van der Waals surface area contributed by atoms with Gasteiger partial charge < -0.3 is 9.80 Å². The second kappa shape index (κ2) is 13.9. The highest BCUT2D eigenvalue weighted by Crippen LogP contribution is 2.58. The molecule has 2 heteroatoms. The third-order valence-corrected chi connectivity index (χ3v) is 16.0. The molecular weight excluding hydrogens is 785 g/mol. The van der Waals surface area contributed by atoms with Crippen molar-refractivity contribution in [2.45, 2.75) is 69.6 Å². The first-order chi connectivity index (χ1) is 31.7. The van der Waals surface area contributed by atoms with Crippen molar-refractivity contribution in [2.24, 2.45) is 0 Å². The number of fused-ring (bicyclic) bond motifs is 10. The predicted octanol–water partition coefficient (Wildman–Crippen LogP) is 16.2. The van der Waals surface area contributed by atoms with Crippen LogP contribution in [0.5, 0.6) is 0 Å². The van der Waals surface area contributed by atoms with E-state index in [1.165, 1.54) is 112 Å². The van der Waals surface area contributed by atoms with Gasteiger partial charge in [-0.15, -0.1) is 0 Å². The van der Waals surface area contributed by atoms with Crippen LogP contribution in [0.3, 0.4) is 0 Å². The van der Waals surface area contributed by atoms with Crippen molar-refractivity contribution in [1.29, 1.82) is 0 Å². The van der Waals surface area contributed by atoms with Crippen LogP contribution in [0, 0.1) is 0 Å². The first kappa shape index (κ1) is 38.3. The van der Waals surface area contributed by atoms with Gasteiger partial charge in [0, 0.05) is 33.0 Å². The molecule has 2 aliphatic heterocycles. The molecule has 65 heavy (non-hydrogen) atoms. The molecule has 0 radical (unpaired) electrons. The minimum absolute atomic E-state index is 0.0179. The van der Waals surface area contributed by atoms with Gasteiger partial charge in [0.25, 0.3) is 0 Å². The molecule has 8 aromatic carbocycles. The predicted molar refractivity (Wildman–Crippen MR) is 273 cm³/mol. The molecule has 0 unspecified atom stereocenters. The van der Waals surface area contributed by atoms with Crippen LogP contribution in [0.1, 0.15) is 90.6 Å². The van der Waals surface area contributed by atoms with Crippen molar-refractivity contribution < 1.29 is 0 Å². The first-order valence-electron chi connectivity index (χ1n) is 23.6. The molecule has 0 atom stereocenters. The Hall–Kier alpha value is -7.16. The van der Waals surface area contributed by atoms with Gasteiger partial charge in [-0.1, -0.05) is 179 Å². The number of para-hydroxylation sites is 3. The first-order valence-corrected chi connectivity index (χ1v) is 23.6. The van der Waals surface area contributed by atoms with Crippen molar-refractivity contribution in [1.82, 2.24) is 0 Å². The summed E-state index contributed by atoms with van der Waals surface area (Å²) in [7, 11) is 0. The van der Waals surface area contributed by atoms with E-state index in [1.807, 2.05) is 0 Å². The van der Waals surface area contributed by atoms with E-state index >= 15 is 0 Å². The number of hydrogen-bond donors (Lipinski definition) is 0. The second-order valence-corrected chi connectivity index (χ2v) is 20.1. The quantitative estimate of drug-likeness (QED) is 0.163. The zero-order valence-corrected chi connectivity index (χ0v) is 37.7. The molecule has 5 aliphatic rings. The zero-order chi connectivity index (χ0) is 43.7. The Morgan fingerprint density at radius 3 is 1.72 bits per heavy atom. The number of rotatable bonds is 4. The maximum atomic E-state index is 2.57. The van der Waals surface area contributed by atoms with Crippen molar-refractivity contribution in [3.05, 3.63) is 243 Å². The molecule has 0 saturated heterocycles. The molecule has 1 spiro atoms. The molecule has 0 amide bonds. The van der Waals surface area contributed by atoms with E-state index in [9.17, 15) is 0 Å². The van der Waals surface area contributed by atoms with Crippen molar-refractivity contribution in [2.75, 3.05) is 9.80 Å². The highest BCUT2D eigenvalue weighted by atomic mass is 15.2. The minimum Gasteiger partial charge on any atom is -0.310 e. The van der Waals surface area contributed by atoms with E-state index in [-0.39, 0.29) is 16.2 Å². The van der Waals surface area contributed by atoms with Gasteiger partial charge in [-0.05, 0) is 140 Å². The zero-order valence-electron chi connectivity index (χ0n) is 37.7. The smallest absolute Gasteiger partial charge is 0.0540 e. The van der Waals surface area contributed by atoms with Gasteiger partial charge in [0.2, 0.25) is 0 Å². The molecule has 2 nitrogen and oxygen atoms in total. The van der Waals surface area contributed by atoms with Gasteiger partial charge in [0.1, 0.15) is 0 Å². The van der Waals surface area contributed by atoms with Gasteiger partial charge in [0.05, 0.1) is 22.7 Å². The molecule has 3 aliphatic carbocycles. The van der Waals surface area contributed by atoms with Crippen LogP contribution < -0.4 is 9.80 Å². The Kier molecular flexibility index (Phi) is 8.20. The Balaban J connectivity index is 0.910. The molecule has 314 valence electrons. The molecule has 0 N–H and O–H groups in total. The maximum Gasteiger partial charge on any atom is 0.0540 e. The van der Waals surface area contributed by atoms with E-state index in [2.05, 4.69) is 232 Å². The Bertz CT molecular complexity index is 3330. The summed E-state index contributed by atoms with van der Waals surface area (Å²) in [6.07, 6.45) is 13.6. The summed E-state index contributed by atoms with van der Waals surface area (Å²) in [6, 6.07) is 64.4. The summed E-state index contributed by atoms with van der Waals surface area (Å²) in [5, 5.41) is 2.49. The summed E-state index contributed by atoms with van der Waals surface area (Å²) >= 11 is 0. The van der Waals surface area contributed by atoms with E-state index in [0.29, 0.717) is 0 Å². The van der Waals surface area contributed by atoms with Crippen LogP contribution in [0.25, 0.3) is 34.1 Å². The summed E-state index contributed by atoms with van der Waals surface area (Å²) in [6.45, 7) is 9.54. The monoisotopic (exact) mass is 836 g/mol. The number of allylic oxidation sites excluding steroid dienone is 3. The molecule has 2 heterocycles. The van der Waals surface area contributed by atoms with Crippen LogP contribution in [0.4, 0.5) is 28.4 Å². The lowest BCUT2D eigenvalue weighted by Gasteiger charge is -2.44. The second-order valence-electron chi connectivity index (χ2n) is 20.1. The molecule has 0 saturated carbocycles. The maximum absolute atomic E-state index is 2.57. The van der Waals surface area contributed by atoms with E-state index in [0.717, 1.165) is 25.7 Å². The standard InChI is InChI=1S/C63H52N2/c1-61(2)50-21-9-13-25-57(50)64(58-26-14-10-22-51(58)61)45-33-35-48-47-34-30-41(37-54(47)63(55(48)38-45)39-43-17-5-6-18-44(43)40-63)29-31-42-32-36-56(49-20-8-7-19-46(42)49)65-59-27-15-11-23-52(59)62(3,4)53-24-12-16-28-60(53)65/h5-9,11-21,23-38H,10,22,39-40H2,1-4H3/b31-29+. The molecule has 0 aromatic heterocycles. The number of hydrogen-bond acceptors (Lipinski definition) is 2. The third-order valence-electron chi connectivity index (χ3n) is 16.0. The van der Waals surface area contributed by atoms with Gasteiger partial charge in [-0.2, -0.15) is 0 Å². The van der Waals surface area contributed by atoms with Crippen LogP contribution >= 0.6 is 0 Å². The Labute approximate surface area is 383 Å². The summed E-state index contributed by atoms with van der Waals surface area (Å²) in [5.74, 6) is 0. The highest BCUT2D eigenvalue weighted by molar-refractivity contribution is 6.05. The normalized spacial score (nSPS) is 17.7. The van der Waals surface area contributed by atoms with Gasteiger partial charge in [-0.25, -0.2) is 0 Å². The molecule has 0 bridgehead atoms. The lowest BCUT2D eigenvalue weighted by molar-refractivity contribution is 0.562. The third kappa shape index (κ3) is 5.47. The van der Waals surface area contributed by atoms with Crippen LogP contribution in [-0.4, -0.2) is 0 Å². The van der Waals surface area contributed by atoms with Gasteiger partial charge >= 0.3 is 0 Å². The highest BCUT2D eigenvalue weighted by Gasteiger charge is 2.48. The summed E-state index contributed by atoms with van der Waals surface area (Å²) < 4.78 is 0. The Morgan fingerprint density at radius 2 is 1.03 bits per heavy atom. The molecule has 0 fully saturated rings. The number of nitrogens with zero attached hydrogens (tertiary/aromatic N) is 2. The average Bonchev–Trinajstić information content (AvgIpc) is 3.86. The van der Waals surface area contributed by atoms with E-state index < -0.39 is 0 Å². The largest absolute Gasteiger partial charge is 0.310 e. The van der Waals surface area contributed by atoms with E-state index in [4.69, 9.17) is 0 Å². The average molecular weight is 837 g/mol. The molecule has 8 aromatic rings. The SMILES string of the molecule is CC1(C)C2=C(C=CCC2)N(c2ccc3c(c2)C2(Cc4ccccc4C2)c2cc(/C=C/c4ccc(N5c6ccccc6C(C)(C)c6ccccc65)c5ccccc45)ccc2-3)c2ccccc21. The summed E-state index contributed by atoms with van der Waals surface area (Å²) in [4.78, 5) is 5.05. The van der Waals surface area contributed by atoms with Crippen molar-refractivity contribution >= 4 is 51.4 Å². The Morgan fingerprint density at radius 1 is 0.462 bits per heavy atom.